The molecule has 11 heteroatoms. The third-order valence-electron chi connectivity index (χ3n) is 2.07. The summed E-state index contributed by atoms with van der Waals surface area (Å²) in [7, 11) is 0. The van der Waals surface area contributed by atoms with Crippen molar-refractivity contribution in [1.82, 2.24) is 24.7 Å². The van der Waals surface area contributed by atoms with Crippen molar-refractivity contribution < 1.29 is 13.6 Å². The standard InChI is InChI=1S/C10H13ClN5O3PS/c1-3-17-20(21,18-4-2)19-10-13-7-16(15-10)9-6-12-5-8(11)14-9/h5-7H,3-4H2,1-2H3. The molecule has 0 aliphatic heterocycles. The molecule has 0 spiro atoms. The second-order valence-electron chi connectivity index (χ2n) is 3.55. The van der Waals surface area contributed by atoms with E-state index >= 15 is 0 Å². The van der Waals surface area contributed by atoms with Crippen LogP contribution in [0.25, 0.3) is 5.82 Å². The Hall–Kier alpha value is -1.12. The summed E-state index contributed by atoms with van der Waals surface area (Å²) in [4.78, 5) is 12.0. The van der Waals surface area contributed by atoms with Gasteiger partial charge in [0.2, 0.25) is 0 Å². The highest BCUT2D eigenvalue weighted by Gasteiger charge is 2.23. The molecule has 0 radical (unpaired) electrons. The molecule has 0 N–H and O–H groups in total. The number of nitrogens with zero attached hydrogens (tertiary/aromatic N) is 5. The molecule has 2 aromatic heterocycles. The molecule has 0 atom stereocenters. The fourth-order valence-electron chi connectivity index (χ4n) is 1.35. The van der Waals surface area contributed by atoms with Crippen LogP contribution in [0.5, 0.6) is 6.01 Å². The first-order valence-corrected chi connectivity index (χ1v) is 8.98. The topological polar surface area (TPSA) is 84.2 Å². The molecule has 2 rings (SSSR count). The van der Waals surface area contributed by atoms with Crippen molar-refractivity contribution in [1.29, 1.82) is 0 Å². The Kier molecular flexibility index (Phi) is 5.60. The van der Waals surface area contributed by atoms with Gasteiger partial charge in [-0.15, -0.1) is 5.10 Å². The van der Waals surface area contributed by atoms with Crippen LogP contribution in [0, 0.1) is 0 Å². The third-order valence-corrected chi connectivity index (χ3v) is 4.64. The van der Waals surface area contributed by atoms with Crippen LogP contribution >= 0.6 is 18.3 Å². The number of hydrogen-bond donors (Lipinski definition) is 0. The zero-order chi connectivity index (χ0) is 15.3. The number of aromatic nitrogens is 5. The van der Waals surface area contributed by atoms with Crippen molar-refractivity contribution in [2.24, 2.45) is 0 Å². The van der Waals surface area contributed by atoms with E-state index in [-0.39, 0.29) is 11.2 Å². The molecule has 2 heterocycles. The Morgan fingerprint density at radius 3 is 2.62 bits per heavy atom. The van der Waals surface area contributed by atoms with E-state index in [1.54, 1.807) is 13.8 Å². The molecule has 0 amide bonds. The second-order valence-corrected chi connectivity index (χ2v) is 6.87. The van der Waals surface area contributed by atoms with E-state index in [1.165, 1.54) is 23.4 Å². The van der Waals surface area contributed by atoms with Gasteiger partial charge in [0.1, 0.15) is 11.5 Å². The highest BCUT2D eigenvalue weighted by Crippen LogP contribution is 2.48. The lowest BCUT2D eigenvalue weighted by Crippen LogP contribution is -2.04. The van der Waals surface area contributed by atoms with Gasteiger partial charge in [0, 0.05) is 11.8 Å². The van der Waals surface area contributed by atoms with Gasteiger partial charge in [0.05, 0.1) is 25.6 Å². The number of rotatable bonds is 7. The van der Waals surface area contributed by atoms with Crippen LogP contribution in [0.15, 0.2) is 18.7 Å². The average Bonchev–Trinajstić information content (AvgIpc) is 2.87. The van der Waals surface area contributed by atoms with Gasteiger partial charge in [-0.05, 0) is 13.8 Å². The summed E-state index contributed by atoms with van der Waals surface area (Å²) in [6, 6.07) is 0.0435. The molecular weight excluding hydrogens is 337 g/mol. The molecular formula is C10H13ClN5O3PS. The molecule has 21 heavy (non-hydrogen) atoms. The first kappa shape index (κ1) is 16.3. The van der Waals surface area contributed by atoms with Crippen LogP contribution in [0.2, 0.25) is 5.15 Å². The van der Waals surface area contributed by atoms with Gasteiger partial charge >= 0.3 is 12.7 Å². The minimum Gasteiger partial charge on any atom is -0.388 e. The van der Waals surface area contributed by atoms with Crippen LogP contribution in [0.1, 0.15) is 13.8 Å². The Bertz CT molecular complexity index is 645. The molecule has 114 valence electrons. The molecule has 0 aromatic carbocycles. The van der Waals surface area contributed by atoms with E-state index in [2.05, 4.69) is 20.1 Å². The minimum absolute atomic E-state index is 0.0435. The minimum atomic E-state index is -2.90. The van der Waals surface area contributed by atoms with E-state index in [0.717, 1.165) is 0 Å². The quantitative estimate of drug-likeness (QED) is 0.704. The molecule has 0 fully saturated rings. The largest absolute Gasteiger partial charge is 0.388 e. The molecule has 0 bridgehead atoms. The van der Waals surface area contributed by atoms with Crippen molar-refractivity contribution in [2.45, 2.75) is 13.8 Å². The summed E-state index contributed by atoms with van der Waals surface area (Å²) in [5, 5.41) is 4.34. The van der Waals surface area contributed by atoms with Gasteiger partial charge in [-0.2, -0.15) is 9.67 Å². The van der Waals surface area contributed by atoms with Gasteiger partial charge in [-0.25, -0.2) is 4.98 Å². The molecule has 2 aromatic rings. The molecule has 8 nitrogen and oxygen atoms in total. The predicted octanol–water partition coefficient (Wildman–Crippen LogP) is 2.39. The van der Waals surface area contributed by atoms with E-state index in [9.17, 15) is 0 Å². The van der Waals surface area contributed by atoms with Gasteiger partial charge in [0.15, 0.2) is 5.82 Å². The lowest BCUT2D eigenvalue weighted by atomic mass is 10.7. The fraction of sp³-hybridized carbons (Fsp3) is 0.400. The monoisotopic (exact) mass is 349 g/mol. The van der Waals surface area contributed by atoms with Crippen molar-refractivity contribution in [3.05, 3.63) is 23.9 Å². The lowest BCUT2D eigenvalue weighted by Gasteiger charge is -2.18. The Morgan fingerprint density at radius 2 is 2.00 bits per heavy atom. The van der Waals surface area contributed by atoms with Crippen LogP contribution in [0.3, 0.4) is 0 Å². The maximum atomic E-state index is 5.77. The predicted molar refractivity (Wildman–Crippen MR) is 80.1 cm³/mol. The summed E-state index contributed by atoms with van der Waals surface area (Å²) in [6.07, 6.45) is 4.32. The van der Waals surface area contributed by atoms with Crippen LogP contribution < -0.4 is 4.52 Å². The highest BCUT2D eigenvalue weighted by molar-refractivity contribution is 8.07. The van der Waals surface area contributed by atoms with Crippen LogP contribution in [-0.2, 0) is 20.9 Å². The Balaban J connectivity index is 2.18. The van der Waals surface area contributed by atoms with E-state index in [1.807, 2.05) is 0 Å². The second kappa shape index (κ2) is 7.24. The van der Waals surface area contributed by atoms with E-state index < -0.39 is 6.72 Å². The van der Waals surface area contributed by atoms with Crippen LogP contribution in [-0.4, -0.2) is 37.9 Å². The normalized spacial score (nSPS) is 11.6. The van der Waals surface area contributed by atoms with Gasteiger partial charge in [0.25, 0.3) is 0 Å². The maximum absolute atomic E-state index is 5.77. The highest BCUT2D eigenvalue weighted by atomic mass is 35.5. The zero-order valence-electron chi connectivity index (χ0n) is 11.3. The Morgan fingerprint density at radius 1 is 1.29 bits per heavy atom. The van der Waals surface area contributed by atoms with Crippen molar-refractivity contribution in [3.8, 4) is 11.8 Å². The number of hydrogen-bond acceptors (Lipinski definition) is 8. The lowest BCUT2D eigenvalue weighted by molar-refractivity contribution is 0.214. The summed E-state index contributed by atoms with van der Waals surface area (Å²) in [5.41, 5.74) is 0. The van der Waals surface area contributed by atoms with Gasteiger partial charge in [-0.1, -0.05) is 11.6 Å². The maximum Gasteiger partial charge on any atom is 0.382 e. The number of halogens is 1. The third kappa shape index (κ3) is 4.42. The SMILES string of the molecule is CCOP(=S)(OCC)Oc1ncn(-c2cncc(Cl)n2)n1. The summed E-state index contributed by atoms with van der Waals surface area (Å²) in [6.45, 7) is 1.45. The van der Waals surface area contributed by atoms with Crippen molar-refractivity contribution in [3.63, 3.8) is 0 Å². The smallest absolute Gasteiger partial charge is 0.382 e. The summed E-state index contributed by atoms with van der Waals surface area (Å²) < 4.78 is 17.5. The van der Waals surface area contributed by atoms with Crippen LogP contribution in [0.4, 0.5) is 0 Å². The molecule has 0 aliphatic carbocycles. The van der Waals surface area contributed by atoms with E-state index in [0.29, 0.717) is 19.0 Å². The molecule has 0 aliphatic rings. The van der Waals surface area contributed by atoms with E-state index in [4.69, 9.17) is 37.0 Å². The first-order chi connectivity index (χ1) is 10.1. The van der Waals surface area contributed by atoms with Crippen molar-refractivity contribution >= 4 is 30.1 Å². The fourth-order valence-corrected chi connectivity index (χ4v) is 3.42. The van der Waals surface area contributed by atoms with Gasteiger partial charge in [-0.3, -0.25) is 14.0 Å². The average molecular weight is 350 g/mol. The van der Waals surface area contributed by atoms with Gasteiger partial charge < -0.3 is 4.52 Å². The molecule has 0 saturated carbocycles. The summed E-state index contributed by atoms with van der Waals surface area (Å²) in [5.74, 6) is 0.408. The first-order valence-electron chi connectivity index (χ1n) is 6.04. The molecule has 0 saturated heterocycles. The Labute approximate surface area is 131 Å². The van der Waals surface area contributed by atoms with Crippen molar-refractivity contribution in [2.75, 3.05) is 13.2 Å². The zero-order valence-corrected chi connectivity index (χ0v) is 13.8. The molecule has 0 unspecified atom stereocenters. The summed E-state index contributed by atoms with van der Waals surface area (Å²) >= 11 is 11.0.